The van der Waals surface area contributed by atoms with Crippen LogP contribution in [0, 0.1) is 16.0 Å². The van der Waals surface area contributed by atoms with Gasteiger partial charge in [0.15, 0.2) is 0 Å². The van der Waals surface area contributed by atoms with E-state index in [-0.39, 0.29) is 40.4 Å². The number of likely N-dealkylation sites (tertiary alicyclic amines) is 1. The second-order valence-corrected chi connectivity index (χ2v) is 10.3. The standard InChI is InChI=1S/C25H35N5O4/c31-24(28-10-4-5-11-28)17-27-12-13-29-22-9-8-20(30(33)34)14-18(22)15-21(23(29)16-27)25(32)26-19-6-2-1-3-7-19/h8-9,14,19,21,23H,1-7,10-13,15-17H2,(H,26,32)/t21-,23-/m0/s1. The van der Waals surface area contributed by atoms with Crippen molar-refractivity contribution < 1.29 is 14.5 Å². The number of nitrogens with zero attached hydrogens (tertiary/aromatic N) is 4. The highest BCUT2D eigenvalue weighted by Gasteiger charge is 2.43. The number of carbonyl (C=O) groups excluding carboxylic acids is 2. The van der Waals surface area contributed by atoms with Crippen molar-refractivity contribution in [3.05, 3.63) is 33.9 Å². The Labute approximate surface area is 200 Å². The molecule has 5 rings (SSSR count). The van der Waals surface area contributed by atoms with Crippen molar-refractivity contribution >= 4 is 23.2 Å². The van der Waals surface area contributed by atoms with Gasteiger partial charge in [0.05, 0.1) is 23.4 Å². The van der Waals surface area contributed by atoms with Gasteiger partial charge in [-0.25, -0.2) is 0 Å². The van der Waals surface area contributed by atoms with Crippen LogP contribution in [-0.4, -0.2) is 77.9 Å². The monoisotopic (exact) mass is 469 g/mol. The van der Waals surface area contributed by atoms with Crippen LogP contribution in [-0.2, 0) is 16.0 Å². The van der Waals surface area contributed by atoms with E-state index in [0.717, 1.165) is 69.4 Å². The highest BCUT2D eigenvalue weighted by atomic mass is 16.6. The molecule has 3 aliphatic heterocycles. The topological polar surface area (TPSA) is 99.0 Å². The Morgan fingerprint density at radius 2 is 1.79 bits per heavy atom. The minimum atomic E-state index is -0.370. The average molecular weight is 470 g/mol. The zero-order chi connectivity index (χ0) is 23.7. The van der Waals surface area contributed by atoms with E-state index >= 15 is 0 Å². The second-order valence-electron chi connectivity index (χ2n) is 10.3. The Morgan fingerprint density at radius 1 is 1.03 bits per heavy atom. The zero-order valence-corrected chi connectivity index (χ0v) is 19.8. The fraction of sp³-hybridized carbons (Fsp3) is 0.680. The van der Waals surface area contributed by atoms with Crippen molar-refractivity contribution in [3.63, 3.8) is 0 Å². The first-order chi connectivity index (χ1) is 16.5. The molecule has 0 unspecified atom stereocenters. The molecule has 9 heteroatoms. The minimum Gasteiger partial charge on any atom is -0.365 e. The van der Waals surface area contributed by atoms with Gasteiger partial charge in [-0.05, 0) is 43.7 Å². The van der Waals surface area contributed by atoms with Crippen LogP contribution in [0.4, 0.5) is 11.4 Å². The number of nitro benzene ring substituents is 1. The van der Waals surface area contributed by atoms with Gasteiger partial charge in [0, 0.05) is 56.6 Å². The van der Waals surface area contributed by atoms with Crippen LogP contribution in [0.1, 0.15) is 50.5 Å². The molecule has 2 atom stereocenters. The van der Waals surface area contributed by atoms with Gasteiger partial charge in [0.2, 0.25) is 11.8 Å². The Kier molecular flexibility index (Phi) is 6.72. The number of amides is 2. The van der Waals surface area contributed by atoms with Crippen molar-refractivity contribution in [2.45, 2.75) is 63.5 Å². The van der Waals surface area contributed by atoms with Crippen LogP contribution in [0.5, 0.6) is 0 Å². The van der Waals surface area contributed by atoms with Crippen molar-refractivity contribution in [3.8, 4) is 0 Å². The molecule has 0 radical (unpaired) electrons. The van der Waals surface area contributed by atoms with E-state index in [4.69, 9.17) is 0 Å². The Balaban J connectivity index is 1.36. The first-order valence-corrected chi connectivity index (χ1v) is 12.8. The van der Waals surface area contributed by atoms with E-state index in [9.17, 15) is 19.7 Å². The third-order valence-electron chi connectivity index (χ3n) is 8.10. The number of carbonyl (C=O) groups is 2. The van der Waals surface area contributed by atoms with E-state index in [1.54, 1.807) is 12.1 Å². The molecular weight excluding hydrogens is 434 g/mol. The van der Waals surface area contributed by atoms with Gasteiger partial charge in [0.1, 0.15) is 0 Å². The number of hydrogen-bond acceptors (Lipinski definition) is 6. The van der Waals surface area contributed by atoms with Crippen molar-refractivity contribution in [2.24, 2.45) is 5.92 Å². The summed E-state index contributed by atoms with van der Waals surface area (Å²) in [6.45, 7) is 4.19. The lowest BCUT2D eigenvalue weighted by molar-refractivity contribution is -0.384. The maximum Gasteiger partial charge on any atom is 0.269 e. The normalized spacial score (nSPS) is 25.5. The maximum absolute atomic E-state index is 13.5. The largest absolute Gasteiger partial charge is 0.365 e. The molecule has 3 heterocycles. The smallest absolute Gasteiger partial charge is 0.269 e. The molecule has 1 aromatic carbocycles. The van der Waals surface area contributed by atoms with Crippen LogP contribution in [0.25, 0.3) is 0 Å². The summed E-state index contributed by atoms with van der Waals surface area (Å²) in [4.78, 5) is 43.7. The van der Waals surface area contributed by atoms with Gasteiger partial charge < -0.3 is 15.1 Å². The number of hydrogen-bond donors (Lipinski definition) is 1. The summed E-state index contributed by atoms with van der Waals surface area (Å²) in [6, 6.07) is 5.20. The molecule has 0 bridgehead atoms. The SMILES string of the molecule is O=C(NC1CCCCC1)[C@H]1Cc2cc([N+](=O)[O-])ccc2N2CCN(CC(=O)N3CCCC3)C[C@@H]12. The van der Waals surface area contributed by atoms with E-state index in [1.165, 1.54) is 6.42 Å². The first-order valence-electron chi connectivity index (χ1n) is 12.8. The maximum atomic E-state index is 13.5. The summed E-state index contributed by atoms with van der Waals surface area (Å²) >= 11 is 0. The summed E-state index contributed by atoms with van der Waals surface area (Å²) in [5, 5.41) is 14.7. The highest BCUT2D eigenvalue weighted by molar-refractivity contribution is 5.83. The highest BCUT2D eigenvalue weighted by Crippen LogP contribution is 2.38. The molecular formula is C25H35N5O4. The van der Waals surface area contributed by atoms with Crippen molar-refractivity contribution in [1.29, 1.82) is 0 Å². The quantitative estimate of drug-likeness (QED) is 0.525. The van der Waals surface area contributed by atoms with Gasteiger partial charge in [-0.1, -0.05) is 19.3 Å². The number of anilines is 1. The van der Waals surface area contributed by atoms with Gasteiger partial charge in [-0.3, -0.25) is 24.6 Å². The number of nitrogens with one attached hydrogen (secondary N) is 1. The number of nitro groups is 1. The molecule has 1 aliphatic carbocycles. The Hall–Kier alpha value is -2.68. The van der Waals surface area contributed by atoms with Gasteiger partial charge in [0.25, 0.3) is 5.69 Å². The molecule has 0 aromatic heterocycles. The molecule has 184 valence electrons. The van der Waals surface area contributed by atoms with E-state index < -0.39 is 0 Å². The third kappa shape index (κ3) is 4.76. The molecule has 2 amide bonds. The Bertz CT molecular complexity index is 941. The molecule has 2 saturated heterocycles. The number of rotatable bonds is 5. The van der Waals surface area contributed by atoms with E-state index in [2.05, 4.69) is 15.1 Å². The zero-order valence-electron chi connectivity index (χ0n) is 19.8. The van der Waals surface area contributed by atoms with Crippen LogP contribution in [0.15, 0.2) is 18.2 Å². The lowest BCUT2D eigenvalue weighted by Gasteiger charge is -2.49. The van der Waals surface area contributed by atoms with Crippen molar-refractivity contribution in [2.75, 3.05) is 44.2 Å². The number of benzene rings is 1. The fourth-order valence-electron chi connectivity index (χ4n) is 6.24. The van der Waals surface area contributed by atoms with Crippen LogP contribution >= 0.6 is 0 Å². The molecule has 1 N–H and O–H groups in total. The lowest BCUT2D eigenvalue weighted by Crippen LogP contribution is -2.62. The molecule has 1 aromatic rings. The summed E-state index contributed by atoms with van der Waals surface area (Å²) in [5.74, 6) is -0.0612. The first kappa shape index (κ1) is 23.1. The number of non-ortho nitro benzene ring substituents is 1. The molecule has 34 heavy (non-hydrogen) atoms. The second kappa shape index (κ2) is 9.90. The summed E-state index contributed by atoms with van der Waals surface area (Å²) < 4.78 is 0. The van der Waals surface area contributed by atoms with E-state index in [0.29, 0.717) is 26.1 Å². The molecule has 0 spiro atoms. The predicted octanol–water partition coefficient (Wildman–Crippen LogP) is 2.33. The molecule has 3 fully saturated rings. The lowest BCUT2D eigenvalue weighted by atomic mass is 9.82. The predicted molar refractivity (Wildman–Crippen MR) is 129 cm³/mol. The van der Waals surface area contributed by atoms with E-state index in [1.807, 2.05) is 11.0 Å². The van der Waals surface area contributed by atoms with Crippen molar-refractivity contribution in [1.82, 2.24) is 15.1 Å². The summed E-state index contributed by atoms with van der Waals surface area (Å²) in [5.41, 5.74) is 1.93. The van der Waals surface area contributed by atoms with Crippen LogP contribution in [0.2, 0.25) is 0 Å². The average Bonchev–Trinajstić information content (AvgIpc) is 3.39. The van der Waals surface area contributed by atoms with Gasteiger partial charge in [-0.2, -0.15) is 0 Å². The van der Waals surface area contributed by atoms with Gasteiger partial charge >= 0.3 is 0 Å². The number of fused-ring (bicyclic) bond motifs is 3. The Morgan fingerprint density at radius 3 is 2.53 bits per heavy atom. The van der Waals surface area contributed by atoms with Gasteiger partial charge in [-0.15, -0.1) is 0 Å². The molecule has 1 saturated carbocycles. The molecule has 4 aliphatic rings. The van der Waals surface area contributed by atoms with Crippen LogP contribution in [0.3, 0.4) is 0 Å². The minimum absolute atomic E-state index is 0.0438. The summed E-state index contributed by atoms with van der Waals surface area (Å²) in [6.07, 6.45) is 8.20. The third-order valence-corrected chi connectivity index (χ3v) is 8.10. The fourth-order valence-corrected chi connectivity index (χ4v) is 6.24. The van der Waals surface area contributed by atoms with Crippen LogP contribution < -0.4 is 10.2 Å². The molecule has 9 nitrogen and oxygen atoms in total. The summed E-state index contributed by atoms with van der Waals surface area (Å²) in [7, 11) is 0. The number of piperazine rings is 1.